The maximum absolute atomic E-state index is 12.9. The first kappa shape index (κ1) is 21.8. The minimum Gasteiger partial charge on any atom is -0.373 e. The van der Waals surface area contributed by atoms with Crippen molar-refractivity contribution >= 4 is 10.0 Å². The van der Waals surface area contributed by atoms with Crippen molar-refractivity contribution in [1.29, 1.82) is 0 Å². The van der Waals surface area contributed by atoms with Gasteiger partial charge in [0, 0.05) is 6.04 Å². The van der Waals surface area contributed by atoms with Gasteiger partial charge >= 0.3 is 0 Å². The number of benzene rings is 1. The van der Waals surface area contributed by atoms with Crippen molar-refractivity contribution in [2.45, 2.75) is 95.8 Å². The summed E-state index contributed by atoms with van der Waals surface area (Å²) in [6.07, 6.45) is 7.77. The van der Waals surface area contributed by atoms with Crippen LogP contribution in [0.4, 0.5) is 0 Å². The van der Waals surface area contributed by atoms with Gasteiger partial charge in [0.05, 0.1) is 17.1 Å². The molecule has 2 fully saturated rings. The second-order valence-electron chi connectivity index (χ2n) is 9.36. The van der Waals surface area contributed by atoms with E-state index in [0.29, 0.717) is 22.6 Å². The van der Waals surface area contributed by atoms with Gasteiger partial charge in [0.25, 0.3) is 0 Å². The Morgan fingerprint density at radius 3 is 2.36 bits per heavy atom. The second-order valence-corrected chi connectivity index (χ2v) is 11.1. The van der Waals surface area contributed by atoms with Crippen LogP contribution in [0.2, 0.25) is 0 Å². The van der Waals surface area contributed by atoms with Crippen molar-refractivity contribution < 1.29 is 13.2 Å². The van der Waals surface area contributed by atoms with Crippen molar-refractivity contribution in [2.24, 2.45) is 17.8 Å². The first-order valence-electron chi connectivity index (χ1n) is 11.0. The molecule has 0 spiro atoms. The van der Waals surface area contributed by atoms with Crippen molar-refractivity contribution in [1.82, 2.24) is 4.72 Å². The summed E-state index contributed by atoms with van der Waals surface area (Å²) >= 11 is 0. The lowest BCUT2D eigenvalue weighted by Gasteiger charge is -2.42. The van der Waals surface area contributed by atoms with E-state index in [1.165, 1.54) is 12.8 Å². The van der Waals surface area contributed by atoms with Crippen LogP contribution in [0.5, 0.6) is 0 Å². The Morgan fingerprint density at radius 2 is 1.68 bits per heavy atom. The molecule has 158 valence electrons. The molecule has 1 aromatic carbocycles. The SMILES string of the molecule is Cc1ccc(S(=O)(=O)N[C@H]2CCCC[C@@H]2OC2CC(C)CCC2C(C)C)cc1. The van der Waals surface area contributed by atoms with Gasteiger partial charge in [0.2, 0.25) is 10.0 Å². The molecular formula is C23H37NO3S. The number of aryl methyl sites for hydroxylation is 1. The third kappa shape index (κ3) is 5.37. The summed E-state index contributed by atoms with van der Waals surface area (Å²) in [6, 6.07) is 6.94. The summed E-state index contributed by atoms with van der Waals surface area (Å²) in [6.45, 7) is 8.85. The van der Waals surface area contributed by atoms with Gasteiger partial charge in [-0.1, -0.05) is 57.7 Å². The minimum absolute atomic E-state index is 0.0227. The Hall–Kier alpha value is -0.910. The van der Waals surface area contributed by atoms with E-state index >= 15 is 0 Å². The predicted octanol–water partition coefficient (Wildman–Crippen LogP) is 5.06. The minimum atomic E-state index is -3.52. The third-order valence-electron chi connectivity index (χ3n) is 6.65. The highest BCUT2D eigenvalue weighted by molar-refractivity contribution is 7.89. The van der Waals surface area contributed by atoms with E-state index in [0.717, 1.165) is 37.7 Å². The lowest BCUT2D eigenvalue weighted by molar-refractivity contribution is -0.0986. The van der Waals surface area contributed by atoms with Gasteiger partial charge in [0.1, 0.15) is 0 Å². The molecular weight excluding hydrogens is 370 g/mol. The van der Waals surface area contributed by atoms with Gasteiger partial charge in [0.15, 0.2) is 0 Å². The highest BCUT2D eigenvalue weighted by Crippen LogP contribution is 2.37. The van der Waals surface area contributed by atoms with Crippen LogP contribution >= 0.6 is 0 Å². The lowest BCUT2D eigenvalue weighted by atomic mass is 9.75. The van der Waals surface area contributed by atoms with Crippen molar-refractivity contribution in [3.8, 4) is 0 Å². The first-order chi connectivity index (χ1) is 13.3. The van der Waals surface area contributed by atoms with Gasteiger partial charge in [-0.15, -0.1) is 0 Å². The van der Waals surface area contributed by atoms with Crippen LogP contribution in [-0.4, -0.2) is 26.7 Å². The second kappa shape index (κ2) is 9.27. The van der Waals surface area contributed by atoms with E-state index in [2.05, 4.69) is 25.5 Å². The maximum atomic E-state index is 12.9. The Balaban J connectivity index is 1.72. The number of sulfonamides is 1. The maximum Gasteiger partial charge on any atom is 0.240 e. The zero-order valence-electron chi connectivity index (χ0n) is 17.9. The molecule has 2 aliphatic carbocycles. The molecule has 5 heteroatoms. The van der Waals surface area contributed by atoms with Gasteiger partial charge in [-0.05, 0) is 62.5 Å². The van der Waals surface area contributed by atoms with Gasteiger partial charge in [-0.25, -0.2) is 13.1 Å². The monoisotopic (exact) mass is 407 g/mol. The van der Waals surface area contributed by atoms with Crippen LogP contribution in [-0.2, 0) is 14.8 Å². The van der Waals surface area contributed by atoms with Crippen molar-refractivity contribution in [2.75, 3.05) is 0 Å². The topological polar surface area (TPSA) is 55.4 Å². The summed E-state index contributed by atoms with van der Waals surface area (Å²) in [5, 5.41) is 0. The van der Waals surface area contributed by atoms with Crippen LogP contribution in [0, 0.1) is 24.7 Å². The molecule has 0 bridgehead atoms. The molecule has 0 heterocycles. The van der Waals surface area contributed by atoms with Crippen LogP contribution in [0.25, 0.3) is 0 Å². The molecule has 1 aromatic rings. The predicted molar refractivity (Wildman–Crippen MR) is 114 cm³/mol. The lowest BCUT2D eigenvalue weighted by Crippen LogP contribution is -2.49. The molecule has 2 saturated carbocycles. The molecule has 4 nitrogen and oxygen atoms in total. The van der Waals surface area contributed by atoms with Crippen LogP contribution in [0.1, 0.15) is 71.3 Å². The van der Waals surface area contributed by atoms with Gasteiger partial charge < -0.3 is 4.74 Å². The average Bonchev–Trinajstić information content (AvgIpc) is 2.63. The Labute approximate surface area is 171 Å². The van der Waals surface area contributed by atoms with Crippen LogP contribution < -0.4 is 4.72 Å². The fourth-order valence-electron chi connectivity index (χ4n) is 4.87. The summed E-state index contributed by atoms with van der Waals surface area (Å²) in [4.78, 5) is 0.341. The molecule has 0 aromatic heterocycles. The number of hydrogen-bond donors (Lipinski definition) is 1. The number of hydrogen-bond acceptors (Lipinski definition) is 3. The van der Waals surface area contributed by atoms with E-state index in [1.807, 2.05) is 19.1 Å². The summed E-state index contributed by atoms with van der Waals surface area (Å²) < 4.78 is 35.5. The smallest absolute Gasteiger partial charge is 0.240 e. The molecule has 28 heavy (non-hydrogen) atoms. The Bertz CT molecular complexity index is 729. The molecule has 0 radical (unpaired) electrons. The molecule has 3 unspecified atom stereocenters. The summed E-state index contributed by atoms with van der Waals surface area (Å²) in [7, 11) is -3.52. The zero-order valence-corrected chi connectivity index (χ0v) is 18.7. The highest BCUT2D eigenvalue weighted by atomic mass is 32.2. The molecule has 1 N–H and O–H groups in total. The van der Waals surface area contributed by atoms with E-state index in [-0.39, 0.29) is 18.2 Å². The molecule has 2 aliphatic rings. The first-order valence-corrected chi connectivity index (χ1v) is 12.5. The largest absolute Gasteiger partial charge is 0.373 e. The molecule has 0 aliphatic heterocycles. The van der Waals surface area contributed by atoms with Crippen molar-refractivity contribution in [3.05, 3.63) is 29.8 Å². The fourth-order valence-corrected chi connectivity index (χ4v) is 6.17. The third-order valence-corrected chi connectivity index (χ3v) is 8.16. The molecule has 5 atom stereocenters. The summed E-state index contributed by atoms with van der Waals surface area (Å²) in [5.41, 5.74) is 1.06. The normalized spacial score (nSPS) is 31.8. The highest BCUT2D eigenvalue weighted by Gasteiger charge is 2.37. The molecule has 0 saturated heterocycles. The Morgan fingerprint density at radius 1 is 1.00 bits per heavy atom. The van der Waals surface area contributed by atoms with E-state index in [9.17, 15) is 8.42 Å². The number of ether oxygens (including phenoxy) is 1. The quantitative estimate of drug-likeness (QED) is 0.717. The van der Waals surface area contributed by atoms with Gasteiger partial charge in [-0.3, -0.25) is 0 Å². The van der Waals surface area contributed by atoms with E-state index in [4.69, 9.17) is 4.74 Å². The average molecular weight is 408 g/mol. The van der Waals surface area contributed by atoms with Crippen LogP contribution in [0.15, 0.2) is 29.2 Å². The molecule has 3 rings (SSSR count). The van der Waals surface area contributed by atoms with Crippen LogP contribution in [0.3, 0.4) is 0 Å². The zero-order chi connectivity index (χ0) is 20.3. The van der Waals surface area contributed by atoms with E-state index in [1.54, 1.807) is 12.1 Å². The van der Waals surface area contributed by atoms with E-state index < -0.39 is 10.0 Å². The molecule has 0 amide bonds. The van der Waals surface area contributed by atoms with Crippen molar-refractivity contribution in [3.63, 3.8) is 0 Å². The standard InChI is InChI=1S/C23H37NO3S/c1-16(2)20-14-11-18(4)15-23(20)27-22-8-6-5-7-21(22)24-28(25,26)19-12-9-17(3)10-13-19/h9-10,12-13,16,18,20-24H,5-8,11,14-15H2,1-4H3/t18?,20?,21-,22-,23?/m0/s1. The fraction of sp³-hybridized carbons (Fsp3) is 0.739. The van der Waals surface area contributed by atoms with Gasteiger partial charge in [-0.2, -0.15) is 0 Å². The Kier molecular flexibility index (Phi) is 7.21. The summed E-state index contributed by atoms with van der Waals surface area (Å²) in [5.74, 6) is 1.86. The number of rotatable bonds is 6. The number of nitrogens with one attached hydrogen (secondary N) is 1.